The number of nitrogens with one attached hydrogen (secondary N) is 1. The highest BCUT2D eigenvalue weighted by molar-refractivity contribution is 8.00. The highest BCUT2D eigenvalue weighted by atomic mass is 32.2. The topological polar surface area (TPSA) is 82.2 Å². The molecule has 8 heteroatoms. The van der Waals surface area contributed by atoms with Crippen LogP contribution in [0.25, 0.3) is 11.4 Å². The first-order chi connectivity index (χ1) is 15.6. The third-order valence-electron chi connectivity index (χ3n) is 5.03. The Bertz CT molecular complexity index is 1200. The second-order valence-corrected chi connectivity index (χ2v) is 8.14. The van der Waals surface area contributed by atoms with Crippen molar-refractivity contribution in [3.63, 3.8) is 0 Å². The van der Waals surface area contributed by atoms with Gasteiger partial charge in [-0.1, -0.05) is 48.2 Å². The van der Waals surface area contributed by atoms with E-state index in [1.807, 2.05) is 73.0 Å². The van der Waals surface area contributed by atoms with E-state index in [9.17, 15) is 4.79 Å². The van der Waals surface area contributed by atoms with E-state index in [4.69, 9.17) is 9.15 Å². The van der Waals surface area contributed by atoms with E-state index in [-0.39, 0.29) is 5.91 Å². The molecule has 0 aliphatic rings. The Balaban J connectivity index is 1.66. The molecule has 1 amide bonds. The molecule has 32 heavy (non-hydrogen) atoms. The van der Waals surface area contributed by atoms with Gasteiger partial charge in [0.25, 0.3) is 0 Å². The van der Waals surface area contributed by atoms with Crippen LogP contribution < -0.4 is 10.1 Å². The van der Waals surface area contributed by atoms with Gasteiger partial charge in [-0.25, -0.2) is 0 Å². The zero-order valence-corrected chi connectivity index (χ0v) is 18.9. The van der Waals surface area contributed by atoms with Crippen molar-refractivity contribution in [2.75, 3.05) is 12.4 Å². The fourth-order valence-corrected chi connectivity index (χ4v) is 4.49. The minimum Gasteiger partial charge on any atom is -0.497 e. The first-order valence-corrected chi connectivity index (χ1v) is 11.1. The van der Waals surface area contributed by atoms with Crippen LogP contribution in [-0.4, -0.2) is 27.8 Å². The molecule has 0 spiro atoms. The third-order valence-corrected chi connectivity index (χ3v) is 6.27. The Hall–Kier alpha value is -3.52. The van der Waals surface area contributed by atoms with Crippen molar-refractivity contribution in [1.29, 1.82) is 0 Å². The number of carbonyl (C=O) groups excluding carboxylic acids is 1. The summed E-state index contributed by atoms with van der Waals surface area (Å²) >= 11 is 1.37. The Kier molecular flexibility index (Phi) is 6.61. The number of carbonyl (C=O) groups is 1. The van der Waals surface area contributed by atoms with E-state index in [1.54, 1.807) is 19.4 Å². The zero-order chi connectivity index (χ0) is 22.5. The lowest BCUT2D eigenvalue weighted by Crippen LogP contribution is -2.19. The molecule has 1 N–H and O–H groups in total. The summed E-state index contributed by atoms with van der Waals surface area (Å²) in [7, 11) is 1.60. The number of ether oxygens (including phenoxy) is 1. The number of benzene rings is 2. The largest absolute Gasteiger partial charge is 0.497 e. The molecule has 4 rings (SSSR count). The van der Waals surface area contributed by atoms with Gasteiger partial charge in [0.15, 0.2) is 11.0 Å². The number of nitrogens with zero attached hydrogens (tertiary/aromatic N) is 3. The molecule has 2 aromatic carbocycles. The van der Waals surface area contributed by atoms with Gasteiger partial charge in [-0.05, 0) is 37.6 Å². The second-order valence-electron chi connectivity index (χ2n) is 7.07. The summed E-state index contributed by atoms with van der Waals surface area (Å²) in [5.41, 5.74) is 2.44. The van der Waals surface area contributed by atoms with Crippen LogP contribution in [0.3, 0.4) is 0 Å². The molecule has 2 heterocycles. The van der Waals surface area contributed by atoms with E-state index in [0.717, 1.165) is 22.7 Å². The van der Waals surface area contributed by atoms with Crippen LogP contribution in [0.5, 0.6) is 5.75 Å². The maximum absolute atomic E-state index is 13.4. The predicted octanol–water partition coefficient (Wildman–Crippen LogP) is 5.35. The van der Waals surface area contributed by atoms with Crippen LogP contribution >= 0.6 is 11.8 Å². The summed E-state index contributed by atoms with van der Waals surface area (Å²) in [6.07, 6.45) is 1.64. The number of rotatable bonds is 8. The molecular formula is C24H24N4O3S. The highest BCUT2D eigenvalue weighted by Gasteiger charge is 2.26. The van der Waals surface area contributed by atoms with Gasteiger partial charge in [0, 0.05) is 18.3 Å². The maximum atomic E-state index is 13.4. The van der Waals surface area contributed by atoms with Crippen LogP contribution in [0, 0.1) is 6.92 Å². The maximum Gasteiger partial charge on any atom is 0.242 e. The summed E-state index contributed by atoms with van der Waals surface area (Å²) in [4.78, 5) is 13.4. The van der Waals surface area contributed by atoms with Gasteiger partial charge >= 0.3 is 0 Å². The molecule has 0 bridgehead atoms. The predicted molar refractivity (Wildman–Crippen MR) is 125 cm³/mol. The summed E-state index contributed by atoms with van der Waals surface area (Å²) in [6, 6.07) is 18.8. The molecular weight excluding hydrogens is 424 g/mol. The average Bonchev–Trinajstić information content (AvgIpc) is 3.43. The van der Waals surface area contributed by atoms with Crippen molar-refractivity contribution in [3.8, 4) is 17.1 Å². The first-order valence-electron chi connectivity index (χ1n) is 10.2. The smallest absolute Gasteiger partial charge is 0.242 e. The van der Waals surface area contributed by atoms with Gasteiger partial charge in [-0.2, -0.15) is 0 Å². The minimum absolute atomic E-state index is 0.152. The van der Waals surface area contributed by atoms with Crippen LogP contribution in [0.4, 0.5) is 5.69 Å². The van der Waals surface area contributed by atoms with Gasteiger partial charge in [0.05, 0.1) is 18.9 Å². The Morgan fingerprint density at radius 2 is 1.97 bits per heavy atom. The molecule has 4 aromatic rings. The molecule has 164 valence electrons. The van der Waals surface area contributed by atoms with Gasteiger partial charge < -0.3 is 19.0 Å². The van der Waals surface area contributed by atoms with Crippen molar-refractivity contribution in [2.24, 2.45) is 0 Å². The lowest BCUT2D eigenvalue weighted by molar-refractivity contribution is -0.115. The number of thioether (sulfide) groups is 1. The van der Waals surface area contributed by atoms with Crippen LogP contribution in [0.2, 0.25) is 0 Å². The van der Waals surface area contributed by atoms with Gasteiger partial charge in [0.1, 0.15) is 16.8 Å². The number of methoxy groups -OCH3 is 1. The van der Waals surface area contributed by atoms with Crippen molar-refractivity contribution in [2.45, 2.75) is 30.8 Å². The fourth-order valence-electron chi connectivity index (χ4n) is 3.39. The van der Waals surface area contributed by atoms with E-state index >= 15 is 0 Å². The summed E-state index contributed by atoms with van der Waals surface area (Å²) < 4.78 is 12.7. The number of aryl methyl sites for hydroxylation is 1. The molecule has 2 aromatic heterocycles. The number of aromatic nitrogens is 3. The average molecular weight is 449 g/mol. The number of furan rings is 1. The molecule has 1 atom stereocenters. The molecule has 0 saturated heterocycles. The van der Waals surface area contributed by atoms with Crippen LogP contribution in [-0.2, 0) is 11.3 Å². The summed E-state index contributed by atoms with van der Waals surface area (Å²) in [5, 5.41) is 11.9. The Labute approximate surface area is 190 Å². The van der Waals surface area contributed by atoms with E-state index < -0.39 is 5.25 Å². The third kappa shape index (κ3) is 4.55. The van der Waals surface area contributed by atoms with Gasteiger partial charge in [0.2, 0.25) is 5.91 Å². The lowest BCUT2D eigenvalue weighted by Gasteiger charge is -2.17. The molecule has 0 aliphatic carbocycles. The van der Waals surface area contributed by atoms with Gasteiger partial charge in [-0.15, -0.1) is 10.2 Å². The molecule has 1 unspecified atom stereocenters. The van der Waals surface area contributed by atoms with Crippen molar-refractivity contribution >= 4 is 23.4 Å². The highest BCUT2D eigenvalue weighted by Crippen LogP contribution is 2.37. The molecule has 0 fully saturated rings. The number of anilines is 1. The Morgan fingerprint density at radius 3 is 2.66 bits per heavy atom. The number of hydrogen-bond acceptors (Lipinski definition) is 6. The van der Waals surface area contributed by atoms with E-state index in [1.165, 1.54) is 11.8 Å². The molecule has 0 aliphatic heterocycles. The fraction of sp³-hybridized carbons (Fsp3) is 0.208. The molecule has 0 radical (unpaired) electrons. The number of hydrogen-bond donors (Lipinski definition) is 1. The lowest BCUT2D eigenvalue weighted by atomic mass is 10.1. The molecule has 7 nitrogen and oxygen atoms in total. The van der Waals surface area contributed by atoms with Crippen molar-refractivity contribution in [1.82, 2.24) is 14.8 Å². The summed E-state index contributed by atoms with van der Waals surface area (Å²) in [5.74, 6) is 2.03. The van der Waals surface area contributed by atoms with Crippen LogP contribution in [0.15, 0.2) is 76.5 Å². The van der Waals surface area contributed by atoms with Crippen LogP contribution in [0.1, 0.15) is 23.5 Å². The first kappa shape index (κ1) is 21.7. The van der Waals surface area contributed by atoms with E-state index in [2.05, 4.69) is 15.5 Å². The monoisotopic (exact) mass is 448 g/mol. The van der Waals surface area contributed by atoms with Crippen molar-refractivity contribution < 1.29 is 13.9 Å². The molecule has 0 saturated carbocycles. The normalized spacial score (nSPS) is 11.8. The van der Waals surface area contributed by atoms with Gasteiger partial charge in [-0.3, -0.25) is 4.79 Å². The zero-order valence-electron chi connectivity index (χ0n) is 18.1. The van der Waals surface area contributed by atoms with Crippen molar-refractivity contribution in [3.05, 3.63) is 78.3 Å². The Morgan fingerprint density at radius 1 is 1.16 bits per heavy atom. The second kappa shape index (κ2) is 9.74. The summed E-state index contributed by atoms with van der Waals surface area (Å²) in [6.45, 7) is 4.58. The quantitative estimate of drug-likeness (QED) is 0.366. The SMILES string of the molecule is CCn1c(SC(C(=O)Nc2cccc(OC)c2)c2ccccc2)nnc1-c1ccoc1C. The van der Waals surface area contributed by atoms with E-state index in [0.29, 0.717) is 23.1 Å². The minimum atomic E-state index is -0.518. The number of amides is 1. The standard InChI is InChI=1S/C24H24N4O3S/c1-4-28-22(20-13-14-31-16(20)2)26-27-24(28)32-21(17-9-6-5-7-10-17)23(29)25-18-11-8-12-19(15-18)30-3/h5-15,21H,4H2,1-3H3,(H,25,29).